The third-order valence-corrected chi connectivity index (χ3v) is 13.4. The van der Waals surface area contributed by atoms with E-state index in [9.17, 15) is 37.2 Å². The number of rotatable bonds is 10. The minimum Gasteiger partial charge on any atom is -0.449 e. The van der Waals surface area contributed by atoms with Crippen LogP contribution in [-0.2, 0) is 51.8 Å². The van der Waals surface area contributed by atoms with Crippen LogP contribution in [0, 0.1) is 11.3 Å². The molecule has 5 atom stereocenters. The van der Waals surface area contributed by atoms with E-state index < -0.39 is 74.3 Å². The lowest BCUT2D eigenvalue weighted by molar-refractivity contribution is -0.141. The van der Waals surface area contributed by atoms with Crippen LogP contribution in [0.15, 0.2) is 35.9 Å². The second-order valence-corrected chi connectivity index (χ2v) is 19.1. The van der Waals surface area contributed by atoms with Crippen LogP contribution in [0.4, 0.5) is 9.59 Å². The molecule has 2 saturated carbocycles. The van der Waals surface area contributed by atoms with E-state index in [0.717, 1.165) is 22.3 Å². The van der Waals surface area contributed by atoms with Crippen molar-refractivity contribution in [1.29, 1.82) is 0 Å². The molecule has 5 amide bonds. The third kappa shape index (κ3) is 9.87. The quantitative estimate of drug-likeness (QED) is 0.288. The molecule has 310 valence electrons. The molecule has 3 N–H and O–H groups in total. The van der Waals surface area contributed by atoms with Gasteiger partial charge in [-0.05, 0) is 86.5 Å². The van der Waals surface area contributed by atoms with Gasteiger partial charge in [0.25, 0.3) is 5.91 Å². The Balaban J connectivity index is 1.29. The summed E-state index contributed by atoms with van der Waals surface area (Å²) in [6.07, 6.45) is 5.67. The fourth-order valence-corrected chi connectivity index (χ4v) is 9.32. The highest BCUT2D eigenvalue weighted by Gasteiger charge is 2.62. The number of carbonyl (C=O) groups excluding carboxylic acids is 6. The van der Waals surface area contributed by atoms with Crippen molar-refractivity contribution in [3.8, 4) is 0 Å². The van der Waals surface area contributed by atoms with Crippen molar-refractivity contribution in [2.75, 3.05) is 13.2 Å². The number of hydrogen-bond acceptors (Lipinski definition) is 10. The zero-order valence-electron chi connectivity index (χ0n) is 33.4. The van der Waals surface area contributed by atoms with E-state index in [0.29, 0.717) is 45.2 Å². The van der Waals surface area contributed by atoms with Gasteiger partial charge in [0.05, 0.1) is 24.9 Å². The van der Waals surface area contributed by atoms with Crippen LogP contribution in [0.3, 0.4) is 0 Å². The molecule has 16 heteroatoms. The summed E-state index contributed by atoms with van der Waals surface area (Å²) < 4.78 is 39.3. The van der Waals surface area contributed by atoms with Crippen molar-refractivity contribution in [3.63, 3.8) is 0 Å². The molecule has 3 heterocycles. The Morgan fingerprint density at radius 3 is 2.53 bits per heavy atom. The van der Waals surface area contributed by atoms with Crippen molar-refractivity contribution in [1.82, 2.24) is 25.2 Å². The number of ketones is 1. The van der Waals surface area contributed by atoms with Crippen LogP contribution in [0.5, 0.6) is 0 Å². The first-order chi connectivity index (χ1) is 26.9. The average Bonchev–Trinajstić information content (AvgIpc) is 4.04. The maximum atomic E-state index is 14.6. The molecule has 1 saturated heterocycles. The number of alkyl carbamates (subject to hydrolysis) is 1. The number of hydrogen-bond donors (Lipinski definition) is 3. The van der Waals surface area contributed by atoms with Crippen LogP contribution in [0.25, 0.3) is 6.08 Å². The third-order valence-electron chi connectivity index (χ3n) is 11.5. The smallest absolute Gasteiger partial charge is 0.410 e. The van der Waals surface area contributed by atoms with Gasteiger partial charge in [0.15, 0.2) is 5.78 Å². The van der Waals surface area contributed by atoms with Crippen molar-refractivity contribution in [2.45, 2.75) is 134 Å². The number of fused-ring (bicyclic) bond motifs is 3. The summed E-state index contributed by atoms with van der Waals surface area (Å²) in [5.74, 6) is -2.88. The summed E-state index contributed by atoms with van der Waals surface area (Å²) >= 11 is 0. The first kappa shape index (κ1) is 41.9. The fraction of sp³-hybridized carbons (Fsp3) is 0.610. The van der Waals surface area contributed by atoms with Gasteiger partial charge in [-0.15, -0.1) is 0 Å². The Labute approximate surface area is 334 Å². The number of benzene rings is 1. The number of amides is 5. The number of nitrogens with one attached hydrogen (secondary N) is 3. The lowest BCUT2D eigenvalue weighted by Gasteiger charge is -2.30. The van der Waals surface area contributed by atoms with Gasteiger partial charge in [-0.1, -0.05) is 63.1 Å². The number of carbonyl (C=O) groups is 6. The Bertz CT molecular complexity index is 1970. The SMILES string of the molecule is CCC1CC1(NC(=O)C1CC2CN1C(=O)C(CCC(=O)C=C(C)C)NC(=O)OCC(C)(C)CCC=Cc1cccc3c1CN(C3)C(=O)O2)C(=O)NS(=O)(=O)C1CC1. The molecule has 0 radical (unpaired) electrons. The van der Waals surface area contributed by atoms with E-state index in [1.54, 1.807) is 18.7 Å². The van der Waals surface area contributed by atoms with Gasteiger partial charge < -0.3 is 25.0 Å². The summed E-state index contributed by atoms with van der Waals surface area (Å²) in [4.78, 5) is 85.0. The number of allylic oxidation sites excluding steroid dienone is 3. The number of ether oxygens (including phenoxy) is 2. The number of sulfonamides is 1. The Hall–Kier alpha value is -4.73. The minimum absolute atomic E-state index is 0.0476. The van der Waals surface area contributed by atoms with Crippen LogP contribution in [-0.4, -0.2) is 96.0 Å². The molecule has 3 aliphatic heterocycles. The summed E-state index contributed by atoms with van der Waals surface area (Å²) in [5.41, 5.74) is 1.77. The van der Waals surface area contributed by atoms with Crippen LogP contribution < -0.4 is 15.4 Å². The molecule has 3 fully saturated rings. The lowest BCUT2D eigenvalue weighted by atomic mass is 9.88. The molecule has 0 spiro atoms. The maximum Gasteiger partial charge on any atom is 0.410 e. The Morgan fingerprint density at radius 2 is 1.84 bits per heavy atom. The predicted molar refractivity (Wildman–Crippen MR) is 209 cm³/mol. The van der Waals surface area contributed by atoms with Crippen molar-refractivity contribution < 1.29 is 46.7 Å². The molecule has 1 aromatic rings. The summed E-state index contributed by atoms with van der Waals surface area (Å²) in [7, 11) is -3.92. The zero-order valence-corrected chi connectivity index (χ0v) is 34.2. The highest BCUT2D eigenvalue weighted by Crippen LogP contribution is 2.47. The minimum atomic E-state index is -3.92. The van der Waals surface area contributed by atoms with E-state index in [4.69, 9.17) is 9.47 Å². The fourth-order valence-electron chi connectivity index (χ4n) is 7.96. The molecule has 15 nitrogen and oxygen atoms in total. The Morgan fingerprint density at radius 1 is 1.09 bits per heavy atom. The second-order valence-electron chi connectivity index (χ2n) is 17.1. The lowest BCUT2D eigenvalue weighted by Crippen LogP contribution is -2.58. The van der Waals surface area contributed by atoms with Gasteiger partial charge in [0.2, 0.25) is 21.8 Å². The molecule has 4 bridgehead atoms. The second kappa shape index (κ2) is 16.6. The molecule has 0 aromatic heterocycles. The van der Waals surface area contributed by atoms with Crippen LogP contribution in [0.2, 0.25) is 0 Å². The number of cyclic esters (lactones) is 1. The molecular formula is C41H55N5O10S. The highest BCUT2D eigenvalue weighted by molar-refractivity contribution is 7.91. The van der Waals surface area contributed by atoms with E-state index in [-0.39, 0.29) is 50.5 Å². The number of nitrogens with zero attached hydrogens (tertiary/aromatic N) is 2. The molecule has 5 unspecified atom stereocenters. The molecule has 5 aliphatic rings. The van der Waals surface area contributed by atoms with E-state index in [1.165, 1.54) is 11.0 Å². The summed E-state index contributed by atoms with van der Waals surface area (Å²) in [6, 6.07) is 3.31. The van der Waals surface area contributed by atoms with Gasteiger partial charge in [0.1, 0.15) is 23.7 Å². The summed E-state index contributed by atoms with van der Waals surface area (Å²) in [5, 5.41) is 4.77. The van der Waals surface area contributed by atoms with Crippen LogP contribution >= 0.6 is 0 Å². The Kier molecular flexibility index (Phi) is 12.2. The van der Waals surface area contributed by atoms with Gasteiger partial charge in [-0.2, -0.15) is 0 Å². The van der Waals surface area contributed by atoms with Gasteiger partial charge in [-0.25, -0.2) is 18.0 Å². The average molecular weight is 810 g/mol. The first-order valence-electron chi connectivity index (χ1n) is 19.9. The molecule has 1 aromatic carbocycles. The van der Waals surface area contributed by atoms with Gasteiger partial charge >= 0.3 is 12.2 Å². The first-order valence-corrected chi connectivity index (χ1v) is 21.5. The highest BCUT2D eigenvalue weighted by atomic mass is 32.2. The van der Waals surface area contributed by atoms with Gasteiger partial charge in [-0.3, -0.25) is 28.8 Å². The standard InChI is InChI=1S/C41H55N5O10S/c1-6-28-20-41(28,37(50)44-57(53,54)31-14-15-31)43-35(48)34-19-30-22-46(34)36(49)33(16-13-29(47)18-25(2)3)42-38(51)55-24-40(4,5)17-8-7-10-26-11-9-12-27-21-45(23-32(26)27)39(52)56-30/h7,9-12,18,28,30-31,33-34H,6,8,13-17,19-24H2,1-5H3,(H,42,51)(H,43,48)(H,44,50). The van der Waals surface area contributed by atoms with Crippen molar-refractivity contribution in [3.05, 3.63) is 52.6 Å². The molecule has 6 rings (SSSR count). The topological polar surface area (TPSA) is 198 Å². The molecular weight excluding hydrogens is 755 g/mol. The molecule has 57 heavy (non-hydrogen) atoms. The van der Waals surface area contributed by atoms with Crippen LogP contribution in [0.1, 0.15) is 109 Å². The summed E-state index contributed by atoms with van der Waals surface area (Å²) in [6.45, 7) is 9.75. The predicted octanol–water partition coefficient (Wildman–Crippen LogP) is 4.25. The van der Waals surface area contributed by atoms with E-state index in [2.05, 4.69) is 21.4 Å². The molecule has 2 aliphatic carbocycles. The van der Waals surface area contributed by atoms with Gasteiger partial charge in [0, 0.05) is 19.4 Å². The van der Waals surface area contributed by atoms with E-state index >= 15 is 0 Å². The van der Waals surface area contributed by atoms with Crippen molar-refractivity contribution >= 4 is 51.8 Å². The normalized spacial score (nSPS) is 27.4. The monoisotopic (exact) mass is 809 g/mol. The van der Waals surface area contributed by atoms with Crippen molar-refractivity contribution in [2.24, 2.45) is 11.3 Å². The largest absolute Gasteiger partial charge is 0.449 e. The maximum absolute atomic E-state index is 14.6. The zero-order chi connectivity index (χ0) is 41.3. The van der Waals surface area contributed by atoms with E-state index in [1.807, 2.05) is 45.0 Å².